The minimum Gasteiger partial charge on any atom is -0.497 e. The number of benzene rings is 1. The molecule has 0 spiro atoms. The van der Waals surface area contributed by atoms with E-state index in [0.29, 0.717) is 18.4 Å². The fraction of sp³-hybridized carbons (Fsp3) is 0.333. The first-order chi connectivity index (χ1) is 8.70. The van der Waals surface area contributed by atoms with Gasteiger partial charge in [-0.15, -0.1) is 0 Å². The van der Waals surface area contributed by atoms with Crippen LogP contribution in [0.4, 0.5) is 0 Å². The molecule has 0 aromatic heterocycles. The summed E-state index contributed by atoms with van der Waals surface area (Å²) < 4.78 is 5.07. The van der Waals surface area contributed by atoms with Crippen molar-refractivity contribution < 1.29 is 14.3 Å². The third-order valence-electron chi connectivity index (χ3n) is 3.09. The molecule has 3 nitrogen and oxygen atoms in total. The van der Waals surface area contributed by atoms with Gasteiger partial charge in [0.1, 0.15) is 5.75 Å². The van der Waals surface area contributed by atoms with Crippen LogP contribution in [-0.2, 0) is 9.59 Å². The van der Waals surface area contributed by atoms with Crippen LogP contribution in [0.3, 0.4) is 0 Å². The first kappa shape index (κ1) is 12.6. The molecule has 3 heteroatoms. The number of methoxy groups -OCH3 is 1. The van der Waals surface area contributed by atoms with Crippen molar-refractivity contribution >= 4 is 17.6 Å². The Morgan fingerprint density at radius 3 is 2.06 bits per heavy atom. The van der Waals surface area contributed by atoms with Crippen molar-refractivity contribution in [2.45, 2.75) is 25.7 Å². The Labute approximate surface area is 106 Å². The summed E-state index contributed by atoms with van der Waals surface area (Å²) in [6, 6.07) is 7.32. The van der Waals surface area contributed by atoms with Crippen molar-refractivity contribution in [1.82, 2.24) is 0 Å². The average Bonchev–Trinajstić information content (AvgIpc) is 2.55. The monoisotopic (exact) mass is 244 g/mol. The van der Waals surface area contributed by atoms with Gasteiger partial charge >= 0.3 is 0 Å². The number of carbonyl (C=O) groups is 2. The van der Waals surface area contributed by atoms with Crippen molar-refractivity contribution in [3.05, 3.63) is 35.4 Å². The molecule has 1 aromatic carbocycles. The van der Waals surface area contributed by atoms with Gasteiger partial charge in [-0.25, -0.2) is 0 Å². The fourth-order valence-electron chi connectivity index (χ4n) is 2.02. The Balaban J connectivity index is 2.28. The zero-order valence-corrected chi connectivity index (χ0v) is 10.4. The van der Waals surface area contributed by atoms with Crippen LogP contribution < -0.4 is 4.74 Å². The Morgan fingerprint density at radius 2 is 1.56 bits per heavy atom. The summed E-state index contributed by atoms with van der Waals surface area (Å²) >= 11 is 0. The molecule has 0 bridgehead atoms. The van der Waals surface area contributed by atoms with Gasteiger partial charge in [0.2, 0.25) is 0 Å². The molecule has 0 radical (unpaired) electrons. The first-order valence-corrected chi connectivity index (χ1v) is 6.13. The summed E-state index contributed by atoms with van der Waals surface area (Å²) in [5.41, 5.74) is 1.20. The van der Waals surface area contributed by atoms with Gasteiger partial charge in [0.05, 0.1) is 12.7 Å². The van der Waals surface area contributed by atoms with Gasteiger partial charge in [-0.2, -0.15) is 0 Å². The summed E-state index contributed by atoms with van der Waals surface area (Å²) in [6.45, 7) is 0. The fourth-order valence-corrected chi connectivity index (χ4v) is 2.02. The molecule has 1 aliphatic rings. The van der Waals surface area contributed by atoms with Crippen LogP contribution in [0.1, 0.15) is 31.2 Å². The summed E-state index contributed by atoms with van der Waals surface area (Å²) in [5, 5.41) is 0. The molecule has 0 saturated heterocycles. The summed E-state index contributed by atoms with van der Waals surface area (Å²) in [7, 11) is 1.60. The molecule has 0 unspecified atom stereocenters. The molecule has 1 saturated carbocycles. The van der Waals surface area contributed by atoms with E-state index in [2.05, 4.69) is 0 Å². The van der Waals surface area contributed by atoms with E-state index in [4.69, 9.17) is 4.74 Å². The lowest BCUT2D eigenvalue weighted by Crippen LogP contribution is -2.09. The predicted octanol–water partition coefficient (Wildman–Crippen LogP) is 2.79. The highest BCUT2D eigenvalue weighted by molar-refractivity contribution is 6.23. The number of rotatable bonds is 2. The molecular weight excluding hydrogens is 228 g/mol. The van der Waals surface area contributed by atoms with E-state index in [1.54, 1.807) is 13.2 Å². The summed E-state index contributed by atoms with van der Waals surface area (Å²) in [5.74, 6) is 0.692. The smallest absolute Gasteiger partial charge is 0.166 e. The second kappa shape index (κ2) is 5.63. The number of hydrogen-bond acceptors (Lipinski definition) is 3. The Kier molecular flexibility index (Phi) is 3.92. The van der Waals surface area contributed by atoms with E-state index >= 15 is 0 Å². The molecule has 94 valence electrons. The lowest BCUT2D eigenvalue weighted by molar-refractivity contribution is -0.120. The van der Waals surface area contributed by atoms with Crippen LogP contribution in [0.25, 0.3) is 6.08 Å². The van der Waals surface area contributed by atoms with E-state index in [1.165, 1.54) is 0 Å². The zero-order valence-electron chi connectivity index (χ0n) is 10.4. The van der Waals surface area contributed by atoms with E-state index in [0.717, 1.165) is 24.2 Å². The summed E-state index contributed by atoms with van der Waals surface area (Å²) in [6.07, 6.45) is 4.27. The summed E-state index contributed by atoms with van der Waals surface area (Å²) in [4.78, 5) is 23.7. The normalized spacial score (nSPS) is 16.4. The van der Waals surface area contributed by atoms with Crippen molar-refractivity contribution in [2.24, 2.45) is 0 Å². The SMILES string of the molecule is COc1ccc(C=C2C(=O)CCCCC2=O)cc1. The average molecular weight is 244 g/mol. The molecule has 0 N–H and O–H groups in total. The highest BCUT2D eigenvalue weighted by Gasteiger charge is 2.20. The second-order valence-electron chi connectivity index (χ2n) is 4.38. The number of allylic oxidation sites excluding steroid dienone is 1. The predicted molar refractivity (Wildman–Crippen MR) is 69.5 cm³/mol. The van der Waals surface area contributed by atoms with Gasteiger partial charge < -0.3 is 4.74 Å². The lowest BCUT2D eigenvalue weighted by Gasteiger charge is -2.02. The minimum absolute atomic E-state index is 0.0340. The maximum absolute atomic E-state index is 11.8. The van der Waals surface area contributed by atoms with Crippen molar-refractivity contribution in [2.75, 3.05) is 7.11 Å². The van der Waals surface area contributed by atoms with E-state index in [1.807, 2.05) is 24.3 Å². The minimum atomic E-state index is -0.0340. The number of ketones is 2. The standard InChI is InChI=1S/C15H16O3/c1-18-12-8-6-11(7-9-12)10-13-14(16)4-2-3-5-15(13)17/h6-10H,2-5H2,1H3. The molecule has 0 amide bonds. The Hall–Kier alpha value is -1.90. The quantitative estimate of drug-likeness (QED) is 0.456. The number of carbonyl (C=O) groups excluding carboxylic acids is 2. The van der Waals surface area contributed by atoms with Crippen molar-refractivity contribution in [3.63, 3.8) is 0 Å². The second-order valence-corrected chi connectivity index (χ2v) is 4.38. The number of ether oxygens (including phenoxy) is 1. The molecular formula is C15H16O3. The van der Waals surface area contributed by atoms with Gasteiger partial charge in [-0.3, -0.25) is 9.59 Å². The molecule has 1 aromatic rings. The maximum Gasteiger partial charge on any atom is 0.166 e. The van der Waals surface area contributed by atoms with E-state index < -0.39 is 0 Å². The van der Waals surface area contributed by atoms with Gasteiger partial charge in [0, 0.05) is 12.8 Å². The van der Waals surface area contributed by atoms with Crippen LogP contribution in [-0.4, -0.2) is 18.7 Å². The van der Waals surface area contributed by atoms with Crippen molar-refractivity contribution in [1.29, 1.82) is 0 Å². The first-order valence-electron chi connectivity index (χ1n) is 6.13. The molecule has 0 atom stereocenters. The third-order valence-corrected chi connectivity index (χ3v) is 3.09. The highest BCUT2D eigenvalue weighted by Crippen LogP contribution is 2.20. The molecule has 1 fully saturated rings. The lowest BCUT2D eigenvalue weighted by atomic mass is 10.0. The topological polar surface area (TPSA) is 43.4 Å². The van der Waals surface area contributed by atoms with E-state index in [9.17, 15) is 9.59 Å². The molecule has 1 aliphatic carbocycles. The van der Waals surface area contributed by atoms with E-state index in [-0.39, 0.29) is 11.6 Å². The van der Waals surface area contributed by atoms with Gasteiger partial charge in [0.15, 0.2) is 11.6 Å². The number of Topliss-reactive ketones (excluding diaryl/α,β-unsaturated/α-hetero) is 2. The molecule has 2 rings (SSSR count). The van der Waals surface area contributed by atoms with Crippen molar-refractivity contribution in [3.8, 4) is 5.75 Å². The van der Waals surface area contributed by atoms with Gasteiger partial charge in [-0.1, -0.05) is 12.1 Å². The molecule has 18 heavy (non-hydrogen) atoms. The van der Waals surface area contributed by atoms with Crippen LogP contribution in [0.5, 0.6) is 5.75 Å². The van der Waals surface area contributed by atoms with Crippen LogP contribution in [0, 0.1) is 0 Å². The van der Waals surface area contributed by atoms with Gasteiger partial charge in [0.25, 0.3) is 0 Å². The zero-order chi connectivity index (χ0) is 13.0. The Bertz CT molecular complexity index is 463. The molecule has 0 aliphatic heterocycles. The largest absolute Gasteiger partial charge is 0.497 e. The molecule has 0 heterocycles. The van der Waals surface area contributed by atoms with Crippen LogP contribution in [0.15, 0.2) is 29.8 Å². The maximum atomic E-state index is 11.8. The highest BCUT2D eigenvalue weighted by atomic mass is 16.5. The Morgan fingerprint density at radius 1 is 1.00 bits per heavy atom. The third kappa shape index (κ3) is 2.86. The van der Waals surface area contributed by atoms with Gasteiger partial charge in [-0.05, 0) is 36.6 Å². The van der Waals surface area contributed by atoms with Crippen LogP contribution in [0.2, 0.25) is 0 Å². The van der Waals surface area contributed by atoms with Crippen LogP contribution >= 0.6 is 0 Å². The number of hydrogen-bond donors (Lipinski definition) is 0.